The predicted octanol–water partition coefficient (Wildman–Crippen LogP) is 3.81. The number of aryl methyl sites for hydroxylation is 2. The van der Waals surface area contributed by atoms with Crippen LogP contribution in [0.15, 0.2) is 24.3 Å². The SMILES string of the molecule is Cc1n[nH]c(C)c1NC(=O)C1(Cc2cccc([C@@H]3CCCN(C)C3)c2)CCOCC1. The molecule has 0 saturated carbocycles. The fraction of sp³-hybridized carbons (Fsp3) is 0.583. The van der Waals surface area contributed by atoms with Crippen LogP contribution in [-0.4, -0.2) is 54.4 Å². The van der Waals surface area contributed by atoms with Gasteiger partial charge in [0.1, 0.15) is 0 Å². The van der Waals surface area contributed by atoms with Crippen LogP contribution in [0.2, 0.25) is 0 Å². The lowest BCUT2D eigenvalue weighted by Crippen LogP contribution is -2.43. The number of hydrogen-bond acceptors (Lipinski definition) is 4. The van der Waals surface area contributed by atoms with Gasteiger partial charge in [-0.25, -0.2) is 0 Å². The number of rotatable bonds is 5. The molecule has 0 radical (unpaired) electrons. The van der Waals surface area contributed by atoms with E-state index in [1.54, 1.807) is 0 Å². The summed E-state index contributed by atoms with van der Waals surface area (Å²) in [5, 5.41) is 10.4. The van der Waals surface area contributed by atoms with E-state index in [2.05, 4.69) is 51.7 Å². The molecule has 2 N–H and O–H groups in total. The summed E-state index contributed by atoms with van der Waals surface area (Å²) in [6, 6.07) is 8.92. The Kier molecular flexibility index (Phi) is 6.25. The first-order valence-corrected chi connectivity index (χ1v) is 11.1. The molecule has 6 nitrogen and oxygen atoms in total. The molecule has 0 aliphatic carbocycles. The molecule has 2 aliphatic heterocycles. The smallest absolute Gasteiger partial charge is 0.231 e. The highest BCUT2D eigenvalue weighted by Gasteiger charge is 2.40. The molecule has 30 heavy (non-hydrogen) atoms. The average molecular weight is 411 g/mol. The zero-order valence-electron chi connectivity index (χ0n) is 18.5. The third kappa shape index (κ3) is 4.44. The van der Waals surface area contributed by atoms with E-state index in [-0.39, 0.29) is 5.91 Å². The topological polar surface area (TPSA) is 70.2 Å². The van der Waals surface area contributed by atoms with E-state index >= 15 is 0 Å². The van der Waals surface area contributed by atoms with E-state index in [1.165, 1.54) is 30.5 Å². The van der Waals surface area contributed by atoms with Crippen LogP contribution >= 0.6 is 0 Å². The summed E-state index contributed by atoms with van der Waals surface area (Å²) < 4.78 is 5.62. The van der Waals surface area contributed by atoms with Crippen LogP contribution in [0.3, 0.4) is 0 Å². The third-order valence-corrected chi connectivity index (χ3v) is 6.89. The molecule has 0 bridgehead atoms. The molecule has 2 aromatic rings. The van der Waals surface area contributed by atoms with E-state index in [0.29, 0.717) is 19.1 Å². The minimum Gasteiger partial charge on any atom is -0.381 e. The van der Waals surface area contributed by atoms with Crippen molar-refractivity contribution < 1.29 is 9.53 Å². The van der Waals surface area contributed by atoms with E-state index in [0.717, 1.165) is 42.9 Å². The van der Waals surface area contributed by atoms with Crippen LogP contribution in [0.1, 0.15) is 54.1 Å². The molecule has 1 aromatic carbocycles. The van der Waals surface area contributed by atoms with Gasteiger partial charge in [0.05, 0.1) is 22.5 Å². The Morgan fingerprint density at radius 1 is 1.33 bits per heavy atom. The van der Waals surface area contributed by atoms with Crippen molar-refractivity contribution in [3.63, 3.8) is 0 Å². The van der Waals surface area contributed by atoms with Crippen LogP contribution in [0.25, 0.3) is 0 Å². The molecule has 162 valence electrons. The van der Waals surface area contributed by atoms with Gasteiger partial charge < -0.3 is 15.0 Å². The molecule has 0 spiro atoms. The van der Waals surface area contributed by atoms with Gasteiger partial charge >= 0.3 is 0 Å². The van der Waals surface area contributed by atoms with Crippen molar-refractivity contribution in [2.45, 2.75) is 51.9 Å². The van der Waals surface area contributed by atoms with Gasteiger partial charge in [0, 0.05) is 19.8 Å². The number of H-pyrrole nitrogens is 1. The summed E-state index contributed by atoms with van der Waals surface area (Å²) in [7, 11) is 2.21. The number of benzene rings is 1. The van der Waals surface area contributed by atoms with Gasteiger partial charge in [-0.2, -0.15) is 5.10 Å². The number of anilines is 1. The third-order valence-electron chi connectivity index (χ3n) is 6.89. The Hall–Kier alpha value is -2.18. The number of hydrogen-bond donors (Lipinski definition) is 2. The molecule has 2 fully saturated rings. The molecule has 0 unspecified atom stereocenters. The Balaban J connectivity index is 1.56. The fourth-order valence-electron chi connectivity index (χ4n) is 5.01. The second-order valence-corrected chi connectivity index (χ2v) is 9.18. The second-order valence-electron chi connectivity index (χ2n) is 9.18. The van der Waals surface area contributed by atoms with Gasteiger partial charge in [-0.15, -0.1) is 0 Å². The van der Waals surface area contributed by atoms with Gasteiger partial charge in [0.25, 0.3) is 0 Å². The number of aromatic nitrogens is 2. The maximum atomic E-state index is 13.5. The zero-order valence-corrected chi connectivity index (χ0v) is 18.5. The summed E-state index contributed by atoms with van der Waals surface area (Å²) in [5.41, 5.74) is 4.74. The van der Waals surface area contributed by atoms with E-state index in [9.17, 15) is 4.79 Å². The lowest BCUT2D eigenvalue weighted by molar-refractivity contribution is -0.131. The van der Waals surface area contributed by atoms with Gasteiger partial charge in [-0.05, 0) is 76.6 Å². The van der Waals surface area contributed by atoms with Gasteiger partial charge in [-0.1, -0.05) is 24.3 Å². The van der Waals surface area contributed by atoms with E-state index < -0.39 is 5.41 Å². The maximum Gasteiger partial charge on any atom is 0.231 e. The number of nitrogens with zero attached hydrogens (tertiary/aromatic N) is 2. The van der Waals surface area contributed by atoms with E-state index in [4.69, 9.17) is 4.74 Å². The fourth-order valence-corrected chi connectivity index (χ4v) is 5.01. The van der Waals surface area contributed by atoms with Crippen molar-refractivity contribution >= 4 is 11.6 Å². The first kappa shape index (κ1) is 21.1. The Labute approximate surface area is 179 Å². The van der Waals surface area contributed by atoms with Crippen molar-refractivity contribution in [2.75, 3.05) is 38.7 Å². The van der Waals surface area contributed by atoms with Crippen LogP contribution in [-0.2, 0) is 16.0 Å². The van der Waals surface area contributed by atoms with Gasteiger partial charge in [0.15, 0.2) is 0 Å². The second kappa shape index (κ2) is 8.90. The highest BCUT2D eigenvalue weighted by molar-refractivity contribution is 5.96. The van der Waals surface area contributed by atoms with Crippen LogP contribution in [0.5, 0.6) is 0 Å². The summed E-state index contributed by atoms with van der Waals surface area (Å²) in [6.45, 7) is 7.42. The molecule has 3 heterocycles. The van der Waals surface area contributed by atoms with Crippen molar-refractivity contribution in [1.29, 1.82) is 0 Å². The molecule has 2 aliphatic rings. The number of carbonyl (C=O) groups is 1. The molecule has 6 heteroatoms. The van der Waals surface area contributed by atoms with Crippen molar-refractivity contribution in [2.24, 2.45) is 5.41 Å². The summed E-state index contributed by atoms with van der Waals surface area (Å²) >= 11 is 0. The highest BCUT2D eigenvalue weighted by atomic mass is 16.5. The maximum absolute atomic E-state index is 13.5. The zero-order chi connectivity index (χ0) is 21.1. The Bertz CT molecular complexity index is 866. The first-order chi connectivity index (χ1) is 14.5. The van der Waals surface area contributed by atoms with E-state index in [1.807, 2.05) is 13.8 Å². The highest BCUT2D eigenvalue weighted by Crippen LogP contribution is 2.37. The van der Waals surface area contributed by atoms with Crippen LogP contribution in [0, 0.1) is 19.3 Å². The molecule has 1 atom stereocenters. The minimum absolute atomic E-state index is 0.0844. The monoisotopic (exact) mass is 410 g/mol. The molecule has 4 rings (SSSR count). The molecular weight excluding hydrogens is 376 g/mol. The van der Waals surface area contributed by atoms with Crippen LogP contribution in [0.4, 0.5) is 5.69 Å². The number of carbonyl (C=O) groups excluding carboxylic acids is 1. The van der Waals surface area contributed by atoms with Crippen LogP contribution < -0.4 is 5.32 Å². The van der Waals surface area contributed by atoms with Crippen molar-refractivity contribution in [1.82, 2.24) is 15.1 Å². The largest absolute Gasteiger partial charge is 0.381 e. The number of nitrogens with one attached hydrogen (secondary N) is 2. The van der Waals surface area contributed by atoms with Gasteiger partial charge in [-0.3, -0.25) is 9.89 Å². The first-order valence-electron chi connectivity index (χ1n) is 11.1. The number of likely N-dealkylation sites (N-methyl/N-ethyl adjacent to an activating group) is 1. The number of aromatic amines is 1. The standard InChI is InChI=1S/C24H34N4O2/c1-17-22(18(2)27-26-17)25-23(29)24(9-12-30-13-10-24)15-19-6-4-7-20(14-19)21-8-5-11-28(3)16-21/h4,6-7,14,21H,5,8-13,15-16H2,1-3H3,(H,25,29)(H,26,27)/t21-/m1/s1. The predicted molar refractivity (Wildman–Crippen MR) is 119 cm³/mol. The lowest BCUT2D eigenvalue weighted by Gasteiger charge is -2.36. The molecule has 1 amide bonds. The Morgan fingerprint density at radius 2 is 2.13 bits per heavy atom. The number of ether oxygens (including phenoxy) is 1. The summed E-state index contributed by atoms with van der Waals surface area (Å²) in [5.74, 6) is 0.667. The van der Waals surface area contributed by atoms with Gasteiger partial charge in [0.2, 0.25) is 5.91 Å². The quantitative estimate of drug-likeness (QED) is 0.786. The number of likely N-dealkylation sites (tertiary alicyclic amines) is 1. The van der Waals surface area contributed by atoms with Crippen molar-refractivity contribution in [3.05, 3.63) is 46.8 Å². The summed E-state index contributed by atoms with van der Waals surface area (Å²) in [6.07, 6.45) is 4.72. The van der Waals surface area contributed by atoms with Crippen molar-refractivity contribution in [3.8, 4) is 0 Å². The average Bonchev–Trinajstić information content (AvgIpc) is 3.06. The number of piperidine rings is 1. The number of amides is 1. The lowest BCUT2D eigenvalue weighted by atomic mass is 9.74. The Morgan fingerprint density at radius 3 is 2.83 bits per heavy atom. The summed E-state index contributed by atoms with van der Waals surface area (Å²) in [4.78, 5) is 15.9. The molecule has 2 saturated heterocycles. The minimum atomic E-state index is -0.448. The normalized spacial score (nSPS) is 22.0. The molecule has 1 aromatic heterocycles. The molecular formula is C24H34N4O2.